The van der Waals surface area contributed by atoms with E-state index in [-0.39, 0.29) is 29.3 Å². The summed E-state index contributed by atoms with van der Waals surface area (Å²) in [7, 11) is 1.42. The van der Waals surface area contributed by atoms with Gasteiger partial charge in [-0.3, -0.25) is 4.79 Å². The molecule has 1 N–H and O–H groups in total. The first kappa shape index (κ1) is 24.0. The predicted octanol–water partition coefficient (Wildman–Crippen LogP) is 6.17. The van der Waals surface area contributed by atoms with Crippen LogP contribution in [0.2, 0.25) is 0 Å². The molecule has 0 aromatic heterocycles. The van der Waals surface area contributed by atoms with Gasteiger partial charge in [-0.1, -0.05) is 62.6 Å². The minimum atomic E-state index is -0.384. The maximum absolute atomic E-state index is 11.2. The Kier molecular flexibility index (Phi) is 10.8. The molecule has 4 heteroatoms. The average molecular weight is 421 g/mol. The lowest BCUT2D eigenvalue weighted by atomic mass is 9.85. The highest BCUT2D eigenvalue weighted by Gasteiger charge is 2.41. The number of ether oxygens (including phenoxy) is 1. The summed E-state index contributed by atoms with van der Waals surface area (Å²) in [5.41, 5.74) is 2.57. The molecule has 162 valence electrons. The minimum absolute atomic E-state index is 0.0107. The number of alkyl halides is 1. The molecule has 4 atom stereocenters. The van der Waals surface area contributed by atoms with Crippen LogP contribution in [-0.4, -0.2) is 29.7 Å². The van der Waals surface area contributed by atoms with E-state index in [2.05, 4.69) is 48.1 Å². The zero-order valence-corrected chi connectivity index (χ0v) is 18.7. The van der Waals surface area contributed by atoms with Gasteiger partial charge in [0.25, 0.3) is 0 Å². The third kappa shape index (κ3) is 7.79. The molecule has 29 heavy (non-hydrogen) atoms. The van der Waals surface area contributed by atoms with Crippen LogP contribution in [0.1, 0.15) is 81.8 Å². The van der Waals surface area contributed by atoms with Crippen molar-refractivity contribution in [2.75, 3.05) is 7.11 Å². The molecular weight excluding hydrogens is 384 g/mol. The number of carbonyl (C=O) groups excluding carboxylic acids is 1. The van der Waals surface area contributed by atoms with Gasteiger partial charge in [-0.15, -0.1) is 11.6 Å². The number of hydrogen-bond donors (Lipinski definition) is 1. The molecule has 0 aliphatic heterocycles. The Morgan fingerprint density at radius 3 is 2.62 bits per heavy atom. The zero-order chi connectivity index (χ0) is 21.1. The molecule has 0 saturated heterocycles. The first-order valence-corrected chi connectivity index (χ1v) is 11.6. The molecule has 1 saturated carbocycles. The van der Waals surface area contributed by atoms with Crippen molar-refractivity contribution in [2.45, 2.75) is 88.5 Å². The molecule has 1 fully saturated rings. The van der Waals surface area contributed by atoms with Gasteiger partial charge in [0.1, 0.15) is 0 Å². The summed E-state index contributed by atoms with van der Waals surface area (Å²) in [6.45, 7) is 2.24. The van der Waals surface area contributed by atoms with Crippen molar-refractivity contribution in [1.29, 1.82) is 0 Å². The average Bonchev–Trinajstić information content (AvgIpc) is 3.01. The van der Waals surface area contributed by atoms with Crippen molar-refractivity contribution < 1.29 is 14.6 Å². The summed E-state index contributed by atoms with van der Waals surface area (Å²) in [6.07, 6.45) is 13.7. The van der Waals surface area contributed by atoms with Gasteiger partial charge in [0.15, 0.2) is 0 Å². The van der Waals surface area contributed by atoms with Gasteiger partial charge >= 0.3 is 5.97 Å². The topological polar surface area (TPSA) is 46.5 Å². The van der Waals surface area contributed by atoms with Gasteiger partial charge in [0, 0.05) is 17.7 Å². The fraction of sp³-hybridized carbons (Fsp3) is 0.640. The second-order valence-corrected chi connectivity index (χ2v) is 8.80. The largest absolute Gasteiger partial charge is 0.469 e. The summed E-state index contributed by atoms with van der Waals surface area (Å²) in [5, 5.41) is 10.6. The van der Waals surface area contributed by atoms with Crippen LogP contribution in [0.3, 0.4) is 0 Å². The number of hydrogen-bond acceptors (Lipinski definition) is 3. The third-order valence-corrected chi connectivity index (χ3v) is 6.55. The summed E-state index contributed by atoms with van der Waals surface area (Å²) < 4.78 is 4.66. The Labute approximate surface area is 181 Å². The van der Waals surface area contributed by atoms with Crippen LogP contribution in [0, 0.1) is 5.92 Å². The van der Waals surface area contributed by atoms with Crippen LogP contribution in [0.4, 0.5) is 0 Å². The van der Waals surface area contributed by atoms with E-state index in [1.165, 1.54) is 43.9 Å². The summed E-state index contributed by atoms with van der Waals surface area (Å²) >= 11 is 6.59. The van der Waals surface area contributed by atoms with E-state index in [1.54, 1.807) is 0 Å². The molecule has 2 rings (SSSR count). The normalized spacial score (nSPS) is 24.3. The van der Waals surface area contributed by atoms with Crippen LogP contribution in [-0.2, 0) is 16.0 Å². The Morgan fingerprint density at radius 2 is 1.93 bits per heavy atom. The highest BCUT2D eigenvalue weighted by atomic mass is 35.5. The molecule has 1 aromatic carbocycles. The van der Waals surface area contributed by atoms with E-state index < -0.39 is 0 Å². The molecular formula is C25H37ClO3. The number of halogens is 1. The lowest BCUT2D eigenvalue weighted by Gasteiger charge is -2.23. The van der Waals surface area contributed by atoms with E-state index in [9.17, 15) is 9.90 Å². The van der Waals surface area contributed by atoms with Crippen molar-refractivity contribution in [3.63, 3.8) is 0 Å². The number of methoxy groups -OCH3 is 1. The quantitative estimate of drug-likeness (QED) is 0.190. The Morgan fingerprint density at radius 1 is 1.17 bits per heavy atom. The van der Waals surface area contributed by atoms with Gasteiger partial charge in [0.2, 0.25) is 0 Å². The van der Waals surface area contributed by atoms with E-state index >= 15 is 0 Å². The van der Waals surface area contributed by atoms with Crippen LogP contribution in [0.25, 0.3) is 0 Å². The number of allylic oxidation sites excluding steroid dienone is 2. The van der Waals surface area contributed by atoms with Gasteiger partial charge in [-0.2, -0.15) is 0 Å². The summed E-state index contributed by atoms with van der Waals surface area (Å²) in [5.74, 6) is 0.164. The van der Waals surface area contributed by atoms with Crippen LogP contribution in [0.15, 0.2) is 36.4 Å². The van der Waals surface area contributed by atoms with E-state index in [0.717, 1.165) is 25.7 Å². The Hall–Kier alpha value is -1.32. The van der Waals surface area contributed by atoms with Gasteiger partial charge in [-0.25, -0.2) is 0 Å². The maximum atomic E-state index is 11.2. The van der Waals surface area contributed by atoms with Crippen LogP contribution in [0.5, 0.6) is 0 Å². The Balaban J connectivity index is 1.89. The van der Waals surface area contributed by atoms with Crippen molar-refractivity contribution in [1.82, 2.24) is 0 Å². The highest BCUT2D eigenvalue weighted by Crippen LogP contribution is 2.44. The highest BCUT2D eigenvalue weighted by molar-refractivity contribution is 6.21. The maximum Gasteiger partial charge on any atom is 0.305 e. The van der Waals surface area contributed by atoms with E-state index in [4.69, 9.17) is 11.6 Å². The SMILES string of the molecule is CCCCCCc1ccc(C2[C@@H](C/C=C\CCCC(=O)OC)C(Cl)C[C@H]2O)cc1. The molecule has 0 radical (unpaired) electrons. The molecule has 3 nitrogen and oxygen atoms in total. The van der Waals surface area contributed by atoms with Gasteiger partial charge in [0.05, 0.1) is 13.2 Å². The molecule has 2 unspecified atom stereocenters. The molecule has 0 bridgehead atoms. The lowest BCUT2D eigenvalue weighted by molar-refractivity contribution is -0.140. The minimum Gasteiger partial charge on any atom is -0.469 e. The second-order valence-electron chi connectivity index (χ2n) is 8.24. The van der Waals surface area contributed by atoms with E-state index in [1.807, 2.05) is 0 Å². The van der Waals surface area contributed by atoms with Gasteiger partial charge < -0.3 is 9.84 Å². The predicted molar refractivity (Wildman–Crippen MR) is 120 cm³/mol. The standard InChI is InChI=1S/C25H37ClO3/c1-3-4-5-8-11-19-14-16-20(17-15-19)25-21(22(26)18-23(25)27)12-9-6-7-10-13-24(28)29-2/h6,9,14-17,21-23,25,27H,3-5,7-8,10-13,18H2,1-2H3/b9-6-/t21-,22?,23+,25?/m0/s1. The number of aliphatic hydroxyl groups is 1. The number of carbonyl (C=O) groups is 1. The number of esters is 1. The van der Waals surface area contributed by atoms with Crippen LogP contribution >= 0.6 is 11.6 Å². The lowest BCUT2D eigenvalue weighted by Crippen LogP contribution is -2.18. The number of unbranched alkanes of at least 4 members (excludes halogenated alkanes) is 4. The number of aryl methyl sites for hydroxylation is 1. The third-order valence-electron chi connectivity index (χ3n) is 6.04. The first-order chi connectivity index (χ1) is 14.1. The van der Waals surface area contributed by atoms with Gasteiger partial charge in [-0.05, 0) is 55.6 Å². The van der Waals surface area contributed by atoms with Crippen molar-refractivity contribution in [3.05, 3.63) is 47.5 Å². The van der Waals surface area contributed by atoms with E-state index in [0.29, 0.717) is 12.8 Å². The Bertz CT molecular complexity index is 625. The van der Waals surface area contributed by atoms with Crippen LogP contribution < -0.4 is 0 Å². The molecule has 0 spiro atoms. The fourth-order valence-electron chi connectivity index (χ4n) is 4.33. The molecule has 1 aliphatic carbocycles. The first-order valence-electron chi connectivity index (χ1n) is 11.2. The van der Waals surface area contributed by atoms with Crippen molar-refractivity contribution in [3.8, 4) is 0 Å². The molecule has 1 aromatic rings. The number of benzene rings is 1. The summed E-state index contributed by atoms with van der Waals surface area (Å²) in [6, 6.07) is 8.81. The smallest absolute Gasteiger partial charge is 0.305 e. The zero-order valence-electron chi connectivity index (χ0n) is 18.0. The fourth-order valence-corrected chi connectivity index (χ4v) is 4.77. The van der Waals surface area contributed by atoms with Crippen molar-refractivity contribution >= 4 is 17.6 Å². The second kappa shape index (κ2) is 13.1. The van der Waals surface area contributed by atoms with Crippen molar-refractivity contribution in [2.24, 2.45) is 5.92 Å². The number of aliphatic hydroxyl groups excluding tert-OH is 1. The molecule has 0 heterocycles. The molecule has 0 amide bonds. The summed E-state index contributed by atoms with van der Waals surface area (Å²) in [4.78, 5) is 11.2. The molecule has 1 aliphatic rings. The number of rotatable bonds is 12. The monoisotopic (exact) mass is 420 g/mol.